The van der Waals surface area contributed by atoms with Gasteiger partial charge in [-0.1, -0.05) is 0 Å². The van der Waals surface area contributed by atoms with Crippen LogP contribution >= 0.6 is 0 Å². The molecule has 0 unspecified atom stereocenters. The standard InChI is InChI=1S/C12H20N2O2/c15-12(14-8-1-2-8)9-4-6-16-11-3-5-13-7-10(9)11/h8-11,13H,1-7H2,(H,14,15)/t9-,10-,11-/m1/s1. The lowest BCUT2D eigenvalue weighted by Gasteiger charge is -2.40. The van der Waals surface area contributed by atoms with Crippen LogP contribution in [0.5, 0.6) is 0 Å². The van der Waals surface area contributed by atoms with Gasteiger partial charge >= 0.3 is 0 Å². The van der Waals surface area contributed by atoms with Gasteiger partial charge in [0.25, 0.3) is 0 Å². The average molecular weight is 224 g/mol. The van der Waals surface area contributed by atoms with Gasteiger partial charge < -0.3 is 15.4 Å². The van der Waals surface area contributed by atoms with E-state index in [-0.39, 0.29) is 11.8 Å². The third kappa shape index (κ3) is 2.09. The molecule has 2 N–H and O–H groups in total. The smallest absolute Gasteiger partial charge is 0.223 e. The molecule has 2 saturated heterocycles. The minimum atomic E-state index is 0.173. The summed E-state index contributed by atoms with van der Waals surface area (Å²) >= 11 is 0. The monoisotopic (exact) mass is 224 g/mol. The molecule has 90 valence electrons. The highest BCUT2D eigenvalue weighted by molar-refractivity contribution is 5.79. The van der Waals surface area contributed by atoms with Crippen LogP contribution < -0.4 is 10.6 Å². The van der Waals surface area contributed by atoms with Gasteiger partial charge in [0, 0.05) is 31.0 Å². The van der Waals surface area contributed by atoms with Crippen molar-refractivity contribution in [1.82, 2.24) is 10.6 Å². The number of piperidine rings is 1. The van der Waals surface area contributed by atoms with Crippen LogP contribution in [-0.2, 0) is 9.53 Å². The molecule has 0 aromatic heterocycles. The van der Waals surface area contributed by atoms with E-state index in [4.69, 9.17) is 4.74 Å². The quantitative estimate of drug-likeness (QED) is 0.708. The van der Waals surface area contributed by atoms with E-state index < -0.39 is 0 Å². The number of amides is 1. The van der Waals surface area contributed by atoms with E-state index in [1.165, 1.54) is 12.8 Å². The molecule has 0 spiro atoms. The van der Waals surface area contributed by atoms with E-state index in [9.17, 15) is 4.79 Å². The van der Waals surface area contributed by atoms with Crippen molar-refractivity contribution in [3.05, 3.63) is 0 Å². The summed E-state index contributed by atoms with van der Waals surface area (Å²) in [6.45, 7) is 2.72. The van der Waals surface area contributed by atoms with Crippen LogP contribution in [0.25, 0.3) is 0 Å². The minimum Gasteiger partial charge on any atom is -0.378 e. The van der Waals surface area contributed by atoms with Crippen molar-refractivity contribution >= 4 is 5.91 Å². The highest BCUT2D eigenvalue weighted by Crippen LogP contribution is 2.31. The molecule has 2 aliphatic heterocycles. The van der Waals surface area contributed by atoms with Gasteiger partial charge in [0.1, 0.15) is 0 Å². The Morgan fingerprint density at radius 3 is 2.94 bits per heavy atom. The molecule has 4 heteroatoms. The molecule has 2 heterocycles. The average Bonchev–Trinajstić information content (AvgIpc) is 3.12. The maximum absolute atomic E-state index is 12.1. The van der Waals surface area contributed by atoms with Crippen molar-refractivity contribution in [2.45, 2.75) is 37.8 Å². The summed E-state index contributed by atoms with van der Waals surface area (Å²) in [4.78, 5) is 12.1. The van der Waals surface area contributed by atoms with E-state index in [1.54, 1.807) is 0 Å². The summed E-state index contributed by atoms with van der Waals surface area (Å²) in [7, 11) is 0. The van der Waals surface area contributed by atoms with Crippen molar-refractivity contribution in [1.29, 1.82) is 0 Å². The first-order chi connectivity index (χ1) is 7.84. The Hall–Kier alpha value is -0.610. The fourth-order valence-electron chi connectivity index (χ4n) is 2.89. The molecule has 1 saturated carbocycles. The van der Waals surface area contributed by atoms with Crippen LogP contribution in [0.15, 0.2) is 0 Å². The van der Waals surface area contributed by atoms with E-state index in [1.807, 2.05) is 0 Å². The summed E-state index contributed by atoms with van der Waals surface area (Å²) in [6, 6.07) is 0.477. The SMILES string of the molecule is O=C(NC1CC1)[C@@H]1CCO[C@@H]2CCNC[C@@H]21. The molecule has 3 atom stereocenters. The first-order valence-electron chi connectivity index (χ1n) is 6.47. The van der Waals surface area contributed by atoms with Crippen molar-refractivity contribution in [3.8, 4) is 0 Å². The Morgan fingerprint density at radius 2 is 2.12 bits per heavy atom. The fourth-order valence-corrected chi connectivity index (χ4v) is 2.89. The predicted molar refractivity (Wildman–Crippen MR) is 60.0 cm³/mol. The maximum Gasteiger partial charge on any atom is 0.223 e. The molecular weight excluding hydrogens is 204 g/mol. The van der Waals surface area contributed by atoms with Crippen LogP contribution in [0.2, 0.25) is 0 Å². The first kappa shape index (κ1) is 10.5. The number of nitrogens with one attached hydrogen (secondary N) is 2. The van der Waals surface area contributed by atoms with Gasteiger partial charge in [-0.05, 0) is 32.2 Å². The van der Waals surface area contributed by atoms with E-state index in [2.05, 4.69) is 10.6 Å². The summed E-state index contributed by atoms with van der Waals surface area (Å²) in [5, 5.41) is 6.51. The number of carbonyl (C=O) groups excluding carboxylic acids is 1. The highest BCUT2D eigenvalue weighted by Gasteiger charge is 2.40. The molecule has 3 aliphatic rings. The molecule has 4 nitrogen and oxygen atoms in total. The summed E-state index contributed by atoms with van der Waals surface area (Å²) in [5.74, 6) is 0.831. The Labute approximate surface area is 96.1 Å². The van der Waals surface area contributed by atoms with Gasteiger partial charge in [-0.15, -0.1) is 0 Å². The third-order valence-electron chi connectivity index (χ3n) is 4.00. The van der Waals surface area contributed by atoms with Gasteiger partial charge in [-0.2, -0.15) is 0 Å². The van der Waals surface area contributed by atoms with Gasteiger partial charge in [0.15, 0.2) is 0 Å². The van der Waals surface area contributed by atoms with Crippen molar-refractivity contribution in [2.75, 3.05) is 19.7 Å². The number of fused-ring (bicyclic) bond motifs is 1. The van der Waals surface area contributed by atoms with E-state index in [0.717, 1.165) is 32.5 Å². The van der Waals surface area contributed by atoms with Gasteiger partial charge in [-0.25, -0.2) is 0 Å². The molecule has 0 aromatic rings. The van der Waals surface area contributed by atoms with E-state index in [0.29, 0.717) is 18.1 Å². The molecule has 0 bridgehead atoms. The molecule has 3 rings (SSSR count). The van der Waals surface area contributed by atoms with Crippen molar-refractivity contribution < 1.29 is 9.53 Å². The lowest BCUT2D eigenvalue weighted by molar-refractivity contribution is -0.137. The number of hydrogen-bond donors (Lipinski definition) is 2. The lowest BCUT2D eigenvalue weighted by Crippen LogP contribution is -2.52. The zero-order chi connectivity index (χ0) is 11.0. The van der Waals surface area contributed by atoms with Crippen LogP contribution in [0.4, 0.5) is 0 Å². The molecule has 1 amide bonds. The topological polar surface area (TPSA) is 50.4 Å². The predicted octanol–water partition coefficient (Wildman–Crippen LogP) is 0.280. The second-order valence-corrected chi connectivity index (χ2v) is 5.24. The number of hydrogen-bond acceptors (Lipinski definition) is 3. The maximum atomic E-state index is 12.1. The largest absolute Gasteiger partial charge is 0.378 e. The highest BCUT2D eigenvalue weighted by atomic mass is 16.5. The van der Waals surface area contributed by atoms with Gasteiger partial charge in [-0.3, -0.25) is 4.79 Å². The molecule has 0 aromatic carbocycles. The van der Waals surface area contributed by atoms with Crippen LogP contribution in [0.3, 0.4) is 0 Å². The summed E-state index contributed by atoms with van der Waals surface area (Å²) in [6.07, 6.45) is 4.59. The third-order valence-corrected chi connectivity index (χ3v) is 4.00. The van der Waals surface area contributed by atoms with Crippen molar-refractivity contribution in [3.63, 3.8) is 0 Å². The van der Waals surface area contributed by atoms with Crippen LogP contribution in [-0.4, -0.2) is 37.7 Å². The molecule has 16 heavy (non-hydrogen) atoms. The Balaban J connectivity index is 1.64. The number of rotatable bonds is 2. The molecule has 3 fully saturated rings. The molecular formula is C12H20N2O2. The fraction of sp³-hybridized carbons (Fsp3) is 0.917. The normalized spacial score (nSPS) is 38.9. The summed E-state index contributed by atoms with van der Waals surface area (Å²) < 4.78 is 5.76. The second kappa shape index (κ2) is 4.34. The zero-order valence-electron chi connectivity index (χ0n) is 9.58. The van der Waals surface area contributed by atoms with Crippen LogP contribution in [0, 0.1) is 11.8 Å². The molecule has 1 aliphatic carbocycles. The number of carbonyl (C=O) groups is 1. The zero-order valence-corrected chi connectivity index (χ0v) is 9.58. The van der Waals surface area contributed by atoms with Gasteiger partial charge in [0.2, 0.25) is 5.91 Å². The lowest BCUT2D eigenvalue weighted by atomic mass is 9.79. The molecule has 0 radical (unpaired) electrons. The minimum absolute atomic E-state index is 0.173. The Bertz CT molecular complexity index is 276. The summed E-state index contributed by atoms with van der Waals surface area (Å²) in [5.41, 5.74) is 0. The second-order valence-electron chi connectivity index (χ2n) is 5.24. The Morgan fingerprint density at radius 1 is 1.25 bits per heavy atom. The van der Waals surface area contributed by atoms with Crippen LogP contribution in [0.1, 0.15) is 25.7 Å². The number of ether oxygens (including phenoxy) is 1. The van der Waals surface area contributed by atoms with E-state index >= 15 is 0 Å². The van der Waals surface area contributed by atoms with Crippen molar-refractivity contribution in [2.24, 2.45) is 11.8 Å². The Kier molecular flexibility index (Phi) is 2.86. The van der Waals surface area contributed by atoms with Gasteiger partial charge in [0.05, 0.1) is 6.10 Å². The first-order valence-corrected chi connectivity index (χ1v) is 6.47.